The van der Waals surface area contributed by atoms with Crippen LogP contribution in [0.25, 0.3) is 0 Å². The number of hydrogen-bond acceptors (Lipinski definition) is 2. The summed E-state index contributed by atoms with van der Waals surface area (Å²) in [6, 6.07) is 10.0. The zero-order valence-corrected chi connectivity index (χ0v) is 16.3. The molecule has 4 heteroatoms. The van der Waals surface area contributed by atoms with Crippen molar-refractivity contribution in [1.82, 2.24) is 0 Å². The van der Waals surface area contributed by atoms with Gasteiger partial charge in [-0.3, -0.25) is 4.99 Å². The monoisotopic (exact) mass is 420 g/mol. The molecule has 0 aromatic heterocycles. The first kappa shape index (κ1) is 22.5. The molecule has 2 rings (SSSR count). The Labute approximate surface area is 158 Å². The Morgan fingerprint density at radius 3 is 2.04 bits per heavy atom. The Hall–Kier alpha value is -1.50. The van der Waals surface area contributed by atoms with E-state index in [0.29, 0.717) is 17.4 Å². The Kier molecular flexibility index (Phi) is 9.11. The molecule has 2 nitrogen and oxygen atoms in total. The molecule has 0 unspecified atom stereocenters. The fraction of sp³-hybridized carbons (Fsp3) is 0.300. The van der Waals surface area contributed by atoms with E-state index >= 15 is 0 Å². The second kappa shape index (κ2) is 9.71. The Morgan fingerprint density at radius 1 is 1.00 bits per heavy atom. The number of phenolic OH excluding ortho intramolecular Hbond substituents is 1. The molecule has 2 aromatic rings. The summed E-state index contributed by atoms with van der Waals surface area (Å²) in [5.41, 5.74) is 3.60. The summed E-state index contributed by atoms with van der Waals surface area (Å²) < 4.78 is 13.3. The van der Waals surface area contributed by atoms with Crippen molar-refractivity contribution in [2.45, 2.75) is 39.5 Å². The molecule has 0 spiro atoms. The summed E-state index contributed by atoms with van der Waals surface area (Å²) in [5, 5.41) is 9.81. The third-order valence-electron chi connectivity index (χ3n) is 3.66. The van der Waals surface area contributed by atoms with Gasteiger partial charge < -0.3 is 12.5 Å². The molecule has 24 heavy (non-hydrogen) atoms. The quantitative estimate of drug-likeness (QED) is 0.368. The molecule has 134 valence electrons. The number of benzene rings is 2. The van der Waals surface area contributed by atoms with Gasteiger partial charge in [0, 0.05) is 32.2 Å². The maximum atomic E-state index is 13.3. The number of rotatable bonds is 4. The van der Waals surface area contributed by atoms with Gasteiger partial charge in [-0.05, 0) is 41.2 Å². The summed E-state index contributed by atoms with van der Waals surface area (Å²) in [7, 11) is 0. The molecular weight excluding hydrogens is 396 g/mol. The average Bonchev–Trinajstić information content (AvgIpc) is 2.47. The number of phenols is 1. The van der Waals surface area contributed by atoms with Crippen molar-refractivity contribution >= 4 is 11.9 Å². The second-order valence-electron chi connectivity index (χ2n) is 6.06. The molecule has 0 heterocycles. The van der Waals surface area contributed by atoms with Crippen LogP contribution in [-0.2, 0) is 20.4 Å². The molecule has 0 fully saturated rings. The van der Waals surface area contributed by atoms with E-state index in [1.165, 1.54) is 24.4 Å². The van der Waals surface area contributed by atoms with E-state index in [1.54, 1.807) is 0 Å². The standard InChI is InChI=1S/C19H22FNO.CH3.Pd/c1-12(2)16-6-5-7-17(13(3)4)19(16)21-11-14-10-15(20)8-9-18(14)22;;/h5-13,22H,1-4H3;1H3;/q;-1;. The first-order valence-corrected chi connectivity index (χ1v) is 7.55. The van der Waals surface area contributed by atoms with E-state index in [0.717, 1.165) is 16.8 Å². The van der Waals surface area contributed by atoms with Gasteiger partial charge in [-0.25, -0.2) is 4.39 Å². The van der Waals surface area contributed by atoms with E-state index in [4.69, 9.17) is 0 Å². The number of aromatic hydroxyl groups is 1. The van der Waals surface area contributed by atoms with Crippen LogP contribution in [0.3, 0.4) is 0 Å². The smallest absolute Gasteiger partial charge is 0.124 e. The van der Waals surface area contributed by atoms with Crippen LogP contribution in [0.4, 0.5) is 10.1 Å². The third-order valence-corrected chi connectivity index (χ3v) is 3.66. The zero-order valence-electron chi connectivity index (χ0n) is 14.8. The molecule has 0 aliphatic carbocycles. The van der Waals surface area contributed by atoms with E-state index in [1.807, 2.05) is 6.07 Å². The van der Waals surface area contributed by atoms with Gasteiger partial charge in [-0.1, -0.05) is 45.9 Å². The number of nitrogens with zero attached hydrogens (tertiary/aromatic N) is 1. The van der Waals surface area contributed by atoms with Crippen LogP contribution in [0.15, 0.2) is 41.4 Å². The molecule has 1 N–H and O–H groups in total. The second-order valence-corrected chi connectivity index (χ2v) is 6.06. The molecule has 0 bridgehead atoms. The van der Waals surface area contributed by atoms with Crippen molar-refractivity contribution in [3.05, 3.63) is 66.3 Å². The van der Waals surface area contributed by atoms with E-state index in [9.17, 15) is 9.50 Å². The fourth-order valence-electron chi connectivity index (χ4n) is 2.42. The van der Waals surface area contributed by atoms with Gasteiger partial charge >= 0.3 is 0 Å². The van der Waals surface area contributed by atoms with E-state index < -0.39 is 0 Å². The SMILES string of the molecule is CC(C)c1cccc(C(C)C)c1N=Cc1cc(F)ccc1O.[CH3-].[Pd]. The van der Waals surface area contributed by atoms with Crippen LogP contribution in [0, 0.1) is 13.2 Å². The van der Waals surface area contributed by atoms with Crippen molar-refractivity contribution in [2.24, 2.45) is 4.99 Å². The van der Waals surface area contributed by atoms with Gasteiger partial charge in [-0.2, -0.15) is 0 Å². The van der Waals surface area contributed by atoms with Crippen molar-refractivity contribution in [2.75, 3.05) is 0 Å². The fourth-order valence-corrected chi connectivity index (χ4v) is 2.42. The molecular formula is C20H25FNOPd-. The summed E-state index contributed by atoms with van der Waals surface area (Å²) in [5.74, 6) is 0.317. The van der Waals surface area contributed by atoms with E-state index in [2.05, 4.69) is 44.8 Å². The first-order chi connectivity index (χ1) is 10.4. The number of para-hydroxylation sites is 1. The van der Waals surface area contributed by atoms with Crippen LogP contribution >= 0.6 is 0 Å². The molecule has 0 atom stereocenters. The van der Waals surface area contributed by atoms with Crippen LogP contribution in [0.1, 0.15) is 56.2 Å². The van der Waals surface area contributed by atoms with Gasteiger partial charge in [0.25, 0.3) is 0 Å². The molecule has 0 saturated heterocycles. The third kappa shape index (κ3) is 5.26. The van der Waals surface area contributed by atoms with Crippen molar-refractivity contribution in [3.63, 3.8) is 0 Å². The van der Waals surface area contributed by atoms with Crippen molar-refractivity contribution in [3.8, 4) is 5.75 Å². The van der Waals surface area contributed by atoms with Crippen molar-refractivity contribution in [1.29, 1.82) is 0 Å². The minimum Gasteiger partial charge on any atom is -0.507 e. The van der Waals surface area contributed by atoms with E-state index in [-0.39, 0.29) is 39.4 Å². The molecule has 0 aliphatic heterocycles. The van der Waals surface area contributed by atoms with Gasteiger partial charge in [-0.15, -0.1) is 0 Å². The number of halogens is 1. The Morgan fingerprint density at radius 2 is 1.54 bits per heavy atom. The van der Waals surface area contributed by atoms with Gasteiger partial charge in [0.2, 0.25) is 0 Å². The summed E-state index contributed by atoms with van der Waals surface area (Å²) >= 11 is 0. The normalized spacial score (nSPS) is 10.8. The largest absolute Gasteiger partial charge is 0.507 e. The maximum absolute atomic E-state index is 13.3. The first-order valence-electron chi connectivity index (χ1n) is 7.55. The number of hydrogen-bond donors (Lipinski definition) is 1. The van der Waals surface area contributed by atoms with Crippen LogP contribution in [0.5, 0.6) is 5.75 Å². The minimum absolute atomic E-state index is 0. The Bertz CT molecular complexity index is 670. The minimum atomic E-state index is -0.388. The predicted molar refractivity (Wildman–Crippen MR) is 96.4 cm³/mol. The van der Waals surface area contributed by atoms with Crippen LogP contribution in [0.2, 0.25) is 0 Å². The van der Waals surface area contributed by atoms with Gasteiger partial charge in [0.05, 0.1) is 5.69 Å². The number of aliphatic imine (C=N–C) groups is 1. The molecule has 0 radical (unpaired) electrons. The average molecular weight is 421 g/mol. The summed E-state index contributed by atoms with van der Waals surface area (Å²) in [6.45, 7) is 8.49. The van der Waals surface area contributed by atoms with Crippen molar-refractivity contribution < 1.29 is 29.9 Å². The van der Waals surface area contributed by atoms with Gasteiger partial charge in [0.15, 0.2) is 0 Å². The van der Waals surface area contributed by atoms with Gasteiger partial charge in [0.1, 0.15) is 11.6 Å². The molecule has 2 aromatic carbocycles. The van der Waals surface area contributed by atoms with Crippen LogP contribution < -0.4 is 0 Å². The zero-order chi connectivity index (χ0) is 16.3. The summed E-state index contributed by atoms with van der Waals surface area (Å²) in [6.07, 6.45) is 1.53. The molecule has 0 aliphatic rings. The topological polar surface area (TPSA) is 32.6 Å². The summed E-state index contributed by atoms with van der Waals surface area (Å²) in [4.78, 5) is 4.57. The maximum Gasteiger partial charge on any atom is 0.124 e. The Balaban J connectivity index is 0.00000264. The van der Waals surface area contributed by atoms with Crippen LogP contribution in [-0.4, -0.2) is 11.3 Å². The predicted octanol–water partition coefficient (Wildman–Crippen LogP) is 5.98. The molecule has 0 saturated carbocycles. The molecule has 0 amide bonds.